The zero-order valence-electron chi connectivity index (χ0n) is 12.8. The SMILES string of the molecule is O=C(Nc1cnn(CC2CC2)c1)c1cc(-c2ccc(F)cc2)on1. The van der Waals surface area contributed by atoms with Crippen LogP contribution in [0, 0.1) is 11.7 Å². The second kappa shape index (κ2) is 5.92. The number of hydrogen-bond acceptors (Lipinski definition) is 4. The number of carbonyl (C=O) groups excluding carboxylic acids is 1. The fourth-order valence-electron chi connectivity index (χ4n) is 2.42. The molecule has 2 aromatic heterocycles. The van der Waals surface area contributed by atoms with Crippen molar-refractivity contribution in [1.29, 1.82) is 0 Å². The monoisotopic (exact) mass is 326 g/mol. The van der Waals surface area contributed by atoms with Crippen LogP contribution in [-0.2, 0) is 6.54 Å². The summed E-state index contributed by atoms with van der Waals surface area (Å²) >= 11 is 0. The Morgan fingerprint density at radius 1 is 1.33 bits per heavy atom. The molecule has 0 radical (unpaired) electrons. The first kappa shape index (κ1) is 14.6. The van der Waals surface area contributed by atoms with Crippen LogP contribution in [0.25, 0.3) is 11.3 Å². The number of carbonyl (C=O) groups is 1. The van der Waals surface area contributed by atoms with E-state index in [0.717, 1.165) is 6.54 Å². The highest BCUT2D eigenvalue weighted by Crippen LogP contribution is 2.30. The summed E-state index contributed by atoms with van der Waals surface area (Å²) < 4.78 is 19.9. The second-order valence-corrected chi connectivity index (χ2v) is 5.93. The topological polar surface area (TPSA) is 73.0 Å². The van der Waals surface area contributed by atoms with Crippen LogP contribution in [0.3, 0.4) is 0 Å². The summed E-state index contributed by atoms with van der Waals surface area (Å²) in [6, 6.07) is 7.31. The summed E-state index contributed by atoms with van der Waals surface area (Å²) in [6.45, 7) is 0.883. The molecule has 1 amide bonds. The third-order valence-corrected chi connectivity index (χ3v) is 3.90. The molecule has 1 aromatic carbocycles. The Kier molecular flexibility index (Phi) is 3.60. The Bertz CT molecular complexity index is 865. The van der Waals surface area contributed by atoms with Gasteiger partial charge in [-0.15, -0.1) is 0 Å². The summed E-state index contributed by atoms with van der Waals surface area (Å²) in [7, 11) is 0. The fraction of sp³-hybridized carbons (Fsp3) is 0.235. The predicted molar refractivity (Wildman–Crippen MR) is 84.8 cm³/mol. The highest BCUT2D eigenvalue weighted by Gasteiger charge is 2.22. The number of hydrogen-bond donors (Lipinski definition) is 1. The highest BCUT2D eigenvalue weighted by molar-refractivity contribution is 6.03. The number of benzene rings is 1. The van der Waals surface area contributed by atoms with Crippen LogP contribution in [-0.4, -0.2) is 20.8 Å². The molecule has 6 nitrogen and oxygen atoms in total. The molecule has 7 heteroatoms. The molecule has 3 aromatic rings. The Morgan fingerprint density at radius 3 is 2.88 bits per heavy atom. The van der Waals surface area contributed by atoms with Gasteiger partial charge >= 0.3 is 0 Å². The molecule has 0 aliphatic heterocycles. The molecule has 0 unspecified atom stereocenters. The van der Waals surface area contributed by atoms with Gasteiger partial charge in [-0.05, 0) is 43.0 Å². The van der Waals surface area contributed by atoms with Gasteiger partial charge in [0.15, 0.2) is 11.5 Å². The van der Waals surface area contributed by atoms with Gasteiger partial charge in [-0.25, -0.2) is 4.39 Å². The van der Waals surface area contributed by atoms with E-state index in [0.29, 0.717) is 22.9 Å². The third kappa shape index (κ3) is 3.19. The van der Waals surface area contributed by atoms with Crippen LogP contribution in [0.1, 0.15) is 23.3 Å². The molecular formula is C17H15FN4O2. The van der Waals surface area contributed by atoms with Crippen molar-refractivity contribution in [3.8, 4) is 11.3 Å². The van der Waals surface area contributed by atoms with Gasteiger partial charge in [-0.1, -0.05) is 5.16 Å². The van der Waals surface area contributed by atoms with Crippen molar-refractivity contribution < 1.29 is 13.7 Å². The van der Waals surface area contributed by atoms with E-state index >= 15 is 0 Å². The first-order valence-corrected chi connectivity index (χ1v) is 7.74. The lowest BCUT2D eigenvalue weighted by molar-refractivity contribution is 0.101. The standard InChI is InChI=1S/C17H15FN4O2/c18-13-5-3-12(4-6-13)16-7-15(21-24-16)17(23)20-14-8-19-22(10-14)9-11-1-2-11/h3-8,10-11H,1-2,9H2,(H,20,23). The fourth-order valence-corrected chi connectivity index (χ4v) is 2.42. The van der Waals surface area contributed by atoms with Gasteiger partial charge in [0.2, 0.25) is 0 Å². The molecule has 0 atom stereocenters. The predicted octanol–water partition coefficient (Wildman–Crippen LogP) is 3.34. The van der Waals surface area contributed by atoms with E-state index in [1.807, 2.05) is 4.68 Å². The van der Waals surface area contributed by atoms with Crippen molar-refractivity contribution in [1.82, 2.24) is 14.9 Å². The van der Waals surface area contributed by atoms with Crippen molar-refractivity contribution >= 4 is 11.6 Å². The molecule has 122 valence electrons. The zero-order valence-corrected chi connectivity index (χ0v) is 12.8. The summed E-state index contributed by atoms with van der Waals surface area (Å²) in [5.41, 5.74) is 1.43. The number of nitrogens with one attached hydrogen (secondary N) is 1. The molecule has 1 saturated carbocycles. The second-order valence-electron chi connectivity index (χ2n) is 5.93. The van der Waals surface area contributed by atoms with Gasteiger partial charge in [-0.2, -0.15) is 5.10 Å². The molecule has 24 heavy (non-hydrogen) atoms. The average Bonchev–Trinajstić information content (AvgIpc) is 3.07. The van der Waals surface area contributed by atoms with E-state index in [1.54, 1.807) is 24.5 Å². The van der Waals surface area contributed by atoms with Crippen LogP contribution in [0.5, 0.6) is 0 Å². The third-order valence-electron chi connectivity index (χ3n) is 3.90. The van der Waals surface area contributed by atoms with E-state index in [9.17, 15) is 9.18 Å². The molecule has 1 fully saturated rings. The van der Waals surface area contributed by atoms with E-state index in [1.165, 1.54) is 31.0 Å². The number of anilines is 1. The van der Waals surface area contributed by atoms with Crippen LogP contribution in [0.4, 0.5) is 10.1 Å². The molecule has 1 aliphatic rings. The van der Waals surface area contributed by atoms with E-state index < -0.39 is 0 Å². The molecule has 0 saturated heterocycles. The van der Waals surface area contributed by atoms with Crippen molar-refractivity contribution in [2.24, 2.45) is 5.92 Å². The van der Waals surface area contributed by atoms with Crippen LogP contribution in [0.2, 0.25) is 0 Å². The first-order chi connectivity index (χ1) is 11.7. The first-order valence-electron chi connectivity index (χ1n) is 7.74. The lowest BCUT2D eigenvalue weighted by atomic mass is 10.1. The number of rotatable bonds is 5. The van der Waals surface area contributed by atoms with Crippen LogP contribution in [0.15, 0.2) is 47.2 Å². The summed E-state index contributed by atoms with van der Waals surface area (Å²) in [4.78, 5) is 12.2. The highest BCUT2D eigenvalue weighted by atomic mass is 19.1. The molecule has 4 rings (SSSR count). The maximum atomic E-state index is 12.9. The van der Waals surface area contributed by atoms with Gasteiger partial charge in [0.1, 0.15) is 5.82 Å². The van der Waals surface area contributed by atoms with Gasteiger partial charge in [-0.3, -0.25) is 9.48 Å². The lowest BCUT2D eigenvalue weighted by Crippen LogP contribution is -2.11. The average molecular weight is 326 g/mol. The van der Waals surface area contributed by atoms with Crippen molar-refractivity contribution in [3.63, 3.8) is 0 Å². The Balaban J connectivity index is 1.44. The molecule has 1 aliphatic carbocycles. The molecule has 0 bridgehead atoms. The molecule has 0 spiro atoms. The quantitative estimate of drug-likeness (QED) is 0.780. The van der Waals surface area contributed by atoms with Gasteiger partial charge in [0.25, 0.3) is 5.91 Å². The smallest absolute Gasteiger partial charge is 0.277 e. The van der Waals surface area contributed by atoms with Crippen LogP contribution < -0.4 is 5.32 Å². The minimum Gasteiger partial charge on any atom is -0.355 e. The minimum absolute atomic E-state index is 0.157. The van der Waals surface area contributed by atoms with Gasteiger partial charge < -0.3 is 9.84 Å². The van der Waals surface area contributed by atoms with Crippen molar-refractivity contribution in [3.05, 3.63) is 54.2 Å². The van der Waals surface area contributed by atoms with Gasteiger partial charge in [0, 0.05) is 24.4 Å². The van der Waals surface area contributed by atoms with Crippen molar-refractivity contribution in [2.75, 3.05) is 5.32 Å². The van der Waals surface area contributed by atoms with Crippen LogP contribution >= 0.6 is 0 Å². The summed E-state index contributed by atoms with van der Waals surface area (Å²) in [6.07, 6.45) is 5.90. The largest absolute Gasteiger partial charge is 0.355 e. The van der Waals surface area contributed by atoms with E-state index in [-0.39, 0.29) is 17.4 Å². The van der Waals surface area contributed by atoms with Crippen molar-refractivity contribution in [2.45, 2.75) is 19.4 Å². The Hall–Kier alpha value is -2.96. The molecule has 1 N–H and O–H groups in total. The van der Waals surface area contributed by atoms with E-state index in [4.69, 9.17) is 4.52 Å². The number of nitrogens with zero attached hydrogens (tertiary/aromatic N) is 3. The maximum absolute atomic E-state index is 12.9. The molecule has 2 heterocycles. The number of halogens is 1. The summed E-state index contributed by atoms with van der Waals surface area (Å²) in [5, 5.41) is 10.7. The van der Waals surface area contributed by atoms with E-state index in [2.05, 4.69) is 15.6 Å². The Labute approximate surface area is 137 Å². The Morgan fingerprint density at radius 2 is 2.12 bits per heavy atom. The molecular weight excluding hydrogens is 311 g/mol. The summed E-state index contributed by atoms with van der Waals surface area (Å²) in [5.74, 6) is 0.407. The lowest BCUT2D eigenvalue weighted by Gasteiger charge is -1.98. The minimum atomic E-state index is -0.377. The zero-order chi connectivity index (χ0) is 16.5. The van der Waals surface area contributed by atoms with Gasteiger partial charge in [0.05, 0.1) is 11.9 Å². The maximum Gasteiger partial charge on any atom is 0.277 e. The number of aromatic nitrogens is 3. The number of amides is 1. The normalized spacial score (nSPS) is 13.9.